The second-order valence-corrected chi connectivity index (χ2v) is 7.28. The molecule has 0 aromatic rings. The summed E-state index contributed by atoms with van der Waals surface area (Å²) in [6.45, 7) is 8.62. The van der Waals surface area contributed by atoms with E-state index in [4.69, 9.17) is 9.47 Å². The van der Waals surface area contributed by atoms with E-state index in [0.29, 0.717) is 12.3 Å². The van der Waals surface area contributed by atoms with Crippen LogP contribution in [0.5, 0.6) is 0 Å². The van der Waals surface area contributed by atoms with Gasteiger partial charge in [0.15, 0.2) is 0 Å². The molecule has 3 fully saturated rings. The molecular weight excluding hydrogens is 252 g/mol. The van der Waals surface area contributed by atoms with Crippen molar-refractivity contribution >= 4 is 5.97 Å². The third-order valence-corrected chi connectivity index (χ3v) is 5.16. The SMILES string of the molecule is CCCCCCC(=O)O[C@@H]1C[C@@H]2CC[C@@]1(C)OC2(C)C. The molecule has 2 aliphatic heterocycles. The number of carbonyl (C=O) groups is 1. The first-order chi connectivity index (χ1) is 9.37. The first kappa shape index (κ1) is 15.8. The van der Waals surface area contributed by atoms with E-state index in [1.54, 1.807) is 0 Å². The van der Waals surface area contributed by atoms with Gasteiger partial charge in [-0.1, -0.05) is 26.2 Å². The van der Waals surface area contributed by atoms with Crippen LogP contribution in [-0.2, 0) is 14.3 Å². The number of rotatable bonds is 6. The zero-order valence-electron chi connectivity index (χ0n) is 13.5. The molecule has 2 saturated heterocycles. The summed E-state index contributed by atoms with van der Waals surface area (Å²) in [5, 5.41) is 0. The highest BCUT2D eigenvalue weighted by molar-refractivity contribution is 5.69. The Balaban J connectivity index is 1.84. The van der Waals surface area contributed by atoms with Gasteiger partial charge in [0.2, 0.25) is 0 Å². The van der Waals surface area contributed by atoms with E-state index in [1.165, 1.54) is 19.3 Å². The number of hydrogen-bond acceptors (Lipinski definition) is 3. The lowest BCUT2D eigenvalue weighted by atomic mass is 9.67. The van der Waals surface area contributed by atoms with Crippen LogP contribution in [0.3, 0.4) is 0 Å². The average Bonchev–Trinajstić information content (AvgIpc) is 2.35. The fraction of sp³-hybridized carbons (Fsp3) is 0.941. The lowest BCUT2D eigenvalue weighted by Crippen LogP contribution is -2.62. The summed E-state index contributed by atoms with van der Waals surface area (Å²) in [5.74, 6) is 0.475. The molecule has 0 aromatic heterocycles. The second kappa shape index (κ2) is 6.05. The molecule has 3 rings (SSSR count). The van der Waals surface area contributed by atoms with Crippen LogP contribution < -0.4 is 0 Å². The Morgan fingerprint density at radius 1 is 1.25 bits per heavy atom. The van der Waals surface area contributed by atoms with Gasteiger partial charge in [0.25, 0.3) is 0 Å². The van der Waals surface area contributed by atoms with Crippen LogP contribution in [0.1, 0.15) is 79.1 Å². The molecule has 0 N–H and O–H groups in total. The smallest absolute Gasteiger partial charge is 0.306 e. The molecule has 0 amide bonds. The highest BCUT2D eigenvalue weighted by Crippen LogP contribution is 2.50. The molecule has 3 aliphatic rings. The average molecular weight is 282 g/mol. The monoisotopic (exact) mass is 282 g/mol. The molecule has 0 radical (unpaired) electrons. The maximum absolute atomic E-state index is 12.0. The molecule has 20 heavy (non-hydrogen) atoms. The Morgan fingerprint density at radius 3 is 2.60 bits per heavy atom. The minimum Gasteiger partial charge on any atom is -0.459 e. The highest BCUT2D eigenvalue weighted by atomic mass is 16.6. The Hall–Kier alpha value is -0.570. The normalized spacial score (nSPS) is 35.0. The first-order valence-electron chi connectivity index (χ1n) is 8.27. The van der Waals surface area contributed by atoms with Crippen LogP contribution in [0.25, 0.3) is 0 Å². The van der Waals surface area contributed by atoms with Gasteiger partial charge in [0.1, 0.15) is 11.7 Å². The van der Waals surface area contributed by atoms with Crippen molar-refractivity contribution in [1.29, 1.82) is 0 Å². The minimum atomic E-state index is -0.280. The van der Waals surface area contributed by atoms with Gasteiger partial charge < -0.3 is 9.47 Å². The van der Waals surface area contributed by atoms with Gasteiger partial charge in [-0.2, -0.15) is 0 Å². The van der Waals surface area contributed by atoms with E-state index >= 15 is 0 Å². The summed E-state index contributed by atoms with van der Waals surface area (Å²) in [5.41, 5.74) is -0.353. The van der Waals surface area contributed by atoms with Gasteiger partial charge in [-0.25, -0.2) is 0 Å². The third kappa shape index (κ3) is 3.36. The highest BCUT2D eigenvalue weighted by Gasteiger charge is 2.55. The minimum absolute atomic E-state index is 0.0405. The van der Waals surface area contributed by atoms with Gasteiger partial charge >= 0.3 is 5.97 Å². The third-order valence-electron chi connectivity index (χ3n) is 5.16. The van der Waals surface area contributed by atoms with E-state index in [0.717, 1.165) is 25.7 Å². The van der Waals surface area contributed by atoms with Crippen molar-refractivity contribution in [1.82, 2.24) is 0 Å². The van der Waals surface area contributed by atoms with Gasteiger partial charge in [0.05, 0.1) is 5.60 Å². The quantitative estimate of drug-likeness (QED) is 0.540. The molecule has 3 atom stereocenters. The molecule has 0 aromatic carbocycles. The largest absolute Gasteiger partial charge is 0.459 e. The zero-order valence-corrected chi connectivity index (χ0v) is 13.5. The van der Waals surface area contributed by atoms with E-state index in [1.807, 2.05) is 0 Å². The summed E-state index contributed by atoms with van der Waals surface area (Å²) >= 11 is 0. The summed E-state index contributed by atoms with van der Waals surface area (Å²) in [4.78, 5) is 12.0. The predicted octanol–water partition coefficient (Wildman–Crippen LogP) is 4.24. The number of esters is 1. The topological polar surface area (TPSA) is 35.5 Å². The molecular formula is C17H30O3. The standard InChI is InChI=1S/C17H30O3/c1-5-6-7-8-9-15(18)19-14-12-13-10-11-17(14,4)20-16(13,2)3/h13-14H,5-12H2,1-4H3/t13-,14+,17+/m0/s1. The van der Waals surface area contributed by atoms with E-state index in [2.05, 4.69) is 27.7 Å². The fourth-order valence-corrected chi connectivity index (χ4v) is 3.77. The molecule has 116 valence electrons. The van der Waals surface area contributed by atoms with E-state index in [-0.39, 0.29) is 23.3 Å². The molecule has 1 saturated carbocycles. The van der Waals surface area contributed by atoms with Crippen molar-refractivity contribution in [3.05, 3.63) is 0 Å². The number of ether oxygens (including phenoxy) is 2. The molecule has 2 bridgehead atoms. The molecule has 3 heteroatoms. The van der Waals surface area contributed by atoms with Crippen molar-refractivity contribution in [2.24, 2.45) is 5.92 Å². The maximum Gasteiger partial charge on any atom is 0.306 e. The summed E-state index contributed by atoms with van der Waals surface area (Å²) in [6, 6.07) is 0. The summed E-state index contributed by atoms with van der Waals surface area (Å²) < 4.78 is 12.0. The molecule has 1 aliphatic carbocycles. The Bertz CT molecular complexity index is 350. The molecule has 3 nitrogen and oxygen atoms in total. The van der Waals surface area contributed by atoms with Gasteiger partial charge in [-0.15, -0.1) is 0 Å². The van der Waals surface area contributed by atoms with E-state index < -0.39 is 0 Å². The lowest BCUT2D eigenvalue weighted by molar-refractivity contribution is -0.278. The van der Waals surface area contributed by atoms with Crippen molar-refractivity contribution < 1.29 is 14.3 Å². The van der Waals surface area contributed by atoms with Crippen LogP contribution >= 0.6 is 0 Å². The number of carbonyl (C=O) groups excluding carboxylic acids is 1. The number of hydrogen-bond donors (Lipinski definition) is 0. The molecule has 0 unspecified atom stereocenters. The van der Waals surface area contributed by atoms with Crippen molar-refractivity contribution in [2.75, 3.05) is 0 Å². The van der Waals surface area contributed by atoms with Gasteiger partial charge in [0, 0.05) is 6.42 Å². The summed E-state index contributed by atoms with van der Waals surface area (Å²) in [7, 11) is 0. The van der Waals surface area contributed by atoms with Crippen LogP contribution in [0.2, 0.25) is 0 Å². The van der Waals surface area contributed by atoms with Crippen LogP contribution in [0.4, 0.5) is 0 Å². The number of unbranched alkanes of at least 4 members (excludes halogenated alkanes) is 3. The van der Waals surface area contributed by atoms with E-state index in [9.17, 15) is 4.79 Å². The van der Waals surface area contributed by atoms with Crippen molar-refractivity contribution in [3.63, 3.8) is 0 Å². The van der Waals surface area contributed by atoms with Crippen LogP contribution in [0.15, 0.2) is 0 Å². The number of fused-ring (bicyclic) bond motifs is 3. The van der Waals surface area contributed by atoms with Gasteiger partial charge in [-0.05, 0) is 52.4 Å². The Kier molecular flexibility index (Phi) is 4.78. The maximum atomic E-state index is 12.0. The van der Waals surface area contributed by atoms with Crippen molar-refractivity contribution in [2.45, 2.75) is 96.4 Å². The first-order valence-corrected chi connectivity index (χ1v) is 8.27. The van der Waals surface area contributed by atoms with Crippen LogP contribution in [0, 0.1) is 5.92 Å². The molecule has 0 spiro atoms. The fourth-order valence-electron chi connectivity index (χ4n) is 3.77. The molecule has 2 heterocycles. The zero-order chi connectivity index (χ0) is 14.8. The van der Waals surface area contributed by atoms with Gasteiger partial charge in [-0.3, -0.25) is 4.79 Å². The van der Waals surface area contributed by atoms with Crippen LogP contribution in [-0.4, -0.2) is 23.3 Å². The summed E-state index contributed by atoms with van der Waals surface area (Å²) in [6.07, 6.45) is 8.14. The predicted molar refractivity (Wildman–Crippen MR) is 79.5 cm³/mol. The lowest BCUT2D eigenvalue weighted by Gasteiger charge is -2.57. The van der Waals surface area contributed by atoms with Crippen molar-refractivity contribution in [3.8, 4) is 0 Å². The second-order valence-electron chi connectivity index (χ2n) is 7.28. The Morgan fingerprint density at radius 2 is 2.00 bits per heavy atom. The Labute approximate surface area is 123 Å².